The first-order valence-corrected chi connectivity index (χ1v) is 14.8. The molecule has 1 aliphatic rings. The van der Waals surface area contributed by atoms with Crippen LogP contribution in [0.2, 0.25) is 0 Å². The predicted molar refractivity (Wildman–Crippen MR) is 160 cm³/mol. The van der Waals surface area contributed by atoms with Crippen LogP contribution in [-0.4, -0.2) is 27.0 Å². The van der Waals surface area contributed by atoms with Crippen LogP contribution >= 0.6 is 45.7 Å². The largest absolute Gasteiger partial charge is 0.503 e. The molecule has 0 spiro atoms. The molecule has 1 aliphatic heterocycles. The third kappa shape index (κ3) is 4.99. The number of halogens is 1. The second-order valence-electron chi connectivity index (χ2n) is 8.99. The van der Waals surface area contributed by atoms with Crippen molar-refractivity contribution >= 4 is 73.5 Å². The van der Waals surface area contributed by atoms with E-state index in [0.717, 1.165) is 14.5 Å². The minimum Gasteiger partial charge on any atom is -0.503 e. The Hall–Kier alpha value is -3.48. The molecule has 2 aromatic heterocycles. The molecule has 1 N–H and O–H groups in total. The van der Waals surface area contributed by atoms with Gasteiger partial charge in [0.15, 0.2) is 15.9 Å². The number of aromatic nitrogens is 2. The highest BCUT2D eigenvalue weighted by atomic mass is 127. The first kappa shape index (κ1) is 25.8. The van der Waals surface area contributed by atoms with Gasteiger partial charge in [-0.3, -0.25) is 14.5 Å². The lowest BCUT2D eigenvalue weighted by Crippen LogP contribution is -2.31. The van der Waals surface area contributed by atoms with Gasteiger partial charge in [-0.1, -0.05) is 83.3 Å². The molecule has 6 rings (SSSR count). The van der Waals surface area contributed by atoms with Crippen LogP contribution in [0.15, 0.2) is 99.0 Å². The number of aliphatic hydroxyl groups excluding tert-OH is 1. The fourth-order valence-corrected chi connectivity index (χ4v) is 6.59. The number of fused-ring (bicyclic) bond motifs is 1. The minimum atomic E-state index is -0.891. The number of carbonyl (C=O) groups excluding carboxylic acids is 2. The number of hydrogen-bond acceptors (Lipinski definition) is 8. The molecule has 1 amide bonds. The SMILES string of the molecule is Cc1ccc(CSc2nnc(N3C(=O)C(O)=C(C(=O)c4cc5ccccc5o4)C3c3ccc(I)cc3)s2)cc1. The Labute approximate surface area is 245 Å². The maximum absolute atomic E-state index is 13.8. The van der Waals surface area contributed by atoms with Crippen LogP contribution in [0.1, 0.15) is 33.3 Å². The summed E-state index contributed by atoms with van der Waals surface area (Å²) in [6, 6.07) is 23.7. The van der Waals surface area contributed by atoms with Gasteiger partial charge in [-0.05, 0) is 64.9 Å². The van der Waals surface area contributed by atoms with Crippen molar-refractivity contribution in [2.24, 2.45) is 0 Å². The number of benzene rings is 3. The van der Waals surface area contributed by atoms with Crippen LogP contribution in [0, 0.1) is 10.5 Å². The summed E-state index contributed by atoms with van der Waals surface area (Å²) in [6.07, 6.45) is 0. The Morgan fingerprint density at radius 3 is 2.56 bits per heavy atom. The summed E-state index contributed by atoms with van der Waals surface area (Å²) < 4.78 is 7.47. The molecule has 0 bridgehead atoms. The van der Waals surface area contributed by atoms with E-state index in [9.17, 15) is 14.7 Å². The van der Waals surface area contributed by atoms with Gasteiger partial charge in [-0.15, -0.1) is 10.2 Å². The van der Waals surface area contributed by atoms with Gasteiger partial charge in [-0.2, -0.15) is 0 Å². The third-order valence-corrected chi connectivity index (χ3v) is 9.22. The van der Waals surface area contributed by atoms with E-state index in [4.69, 9.17) is 4.42 Å². The van der Waals surface area contributed by atoms with Crippen molar-refractivity contribution in [3.05, 3.63) is 116 Å². The molecule has 0 fully saturated rings. The number of Topliss-reactive ketones (excluding diaryl/α,β-unsaturated/α-hetero) is 1. The van der Waals surface area contributed by atoms with Crippen LogP contribution < -0.4 is 4.90 Å². The number of furan rings is 1. The van der Waals surface area contributed by atoms with Crippen LogP contribution in [0.5, 0.6) is 0 Å². The number of thioether (sulfide) groups is 1. The molecule has 3 heterocycles. The summed E-state index contributed by atoms with van der Waals surface area (Å²) >= 11 is 4.95. The molecule has 194 valence electrons. The zero-order valence-corrected chi connectivity index (χ0v) is 24.3. The molecular weight excluding hydrogens is 645 g/mol. The van der Waals surface area contributed by atoms with Crippen LogP contribution in [0.4, 0.5) is 5.13 Å². The maximum Gasteiger partial charge on any atom is 0.296 e. The highest BCUT2D eigenvalue weighted by Gasteiger charge is 2.46. The van der Waals surface area contributed by atoms with E-state index >= 15 is 0 Å². The molecule has 0 aliphatic carbocycles. The number of aliphatic hydroxyl groups is 1. The van der Waals surface area contributed by atoms with Gasteiger partial charge in [0, 0.05) is 14.7 Å². The fraction of sp³-hybridized carbons (Fsp3) is 0.103. The minimum absolute atomic E-state index is 0.0505. The normalized spacial score (nSPS) is 15.5. The number of rotatable bonds is 7. The zero-order chi connectivity index (χ0) is 27.1. The van der Waals surface area contributed by atoms with E-state index in [1.165, 1.54) is 33.6 Å². The van der Waals surface area contributed by atoms with E-state index in [-0.39, 0.29) is 11.3 Å². The number of hydrogen-bond donors (Lipinski definition) is 1. The summed E-state index contributed by atoms with van der Waals surface area (Å²) in [5, 5.41) is 20.7. The topological polar surface area (TPSA) is 96.5 Å². The second-order valence-corrected chi connectivity index (χ2v) is 12.4. The Bertz CT molecular complexity index is 1710. The van der Waals surface area contributed by atoms with E-state index in [1.54, 1.807) is 12.1 Å². The summed E-state index contributed by atoms with van der Waals surface area (Å²) in [5.41, 5.74) is 3.50. The van der Waals surface area contributed by atoms with Crippen molar-refractivity contribution < 1.29 is 19.1 Å². The molecule has 0 saturated carbocycles. The molecular formula is C29H20IN3O4S2. The monoisotopic (exact) mass is 665 g/mol. The molecule has 39 heavy (non-hydrogen) atoms. The van der Waals surface area contributed by atoms with E-state index in [1.807, 2.05) is 49.4 Å². The Morgan fingerprint density at radius 2 is 1.82 bits per heavy atom. The van der Waals surface area contributed by atoms with Gasteiger partial charge >= 0.3 is 0 Å². The van der Waals surface area contributed by atoms with Crippen LogP contribution in [-0.2, 0) is 10.5 Å². The molecule has 1 atom stereocenters. The lowest BCUT2D eigenvalue weighted by atomic mass is 9.95. The van der Waals surface area contributed by atoms with Gasteiger partial charge in [0.25, 0.3) is 5.91 Å². The summed E-state index contributed by atoms with van der Waals surface area (Å²) in [4.78, 5) is 28.6. The molecule has 10 heteroatoms. The van der Waals surface area contributed by atoms with Crippen LogP contribution in [0.3, 0.4) is 0 Å². The predicted octanol–water partition coefficient (Wildman–Crippen LogP) is 7.27. The Morgan fingerprint density at radius 1 is 1.08 bits per heavy atom. The van der Waals surface area contributed by atoms with Crippen LogP contribution in [0.25, 0.3) is 11.0 Å². The van der Waals surface area contributed by atoms with Gasteiger partial charge in [0.2, 0.25) is 10.9 Å². The summed E-state index contributed by atoms with van der Waals surface area (Å²) in [7, 11) is 0. The highest BCUT2D eigenvalue weighted by Crippen LogP contribution is 2.44. The molecule has 0 radical (unpaired) electrons. The van der Waals surface area contributed by atoms with Crippen molar-refractivity contribution in [2.75, 3.05) is 4.90 Å². The van der Waals surface area contributed by atoms with Crippen molar-refractivity contribution in [1.29, 1.82) is 0 Å². The standard InChI is InChI=1S/C29H20IN3O4S2/c1-16-6-8-17(9-7-16)15-38-29-32-31-28(39-29)33-24(18-10-12-20(30)13-11-18)23(26(35)27(33)36)25(34)22-14-19-4-2-3-5-21(19)37-22/h2-14,24,35H,15H2,1H3. The Balaban J connectivity index is 1.35. The second kappa shape index (κ2) is 10.6. The average molecular weight is 666 g/mol. The first-order valence-electron chi connectivity index (χ1n) is 12.0. The average Bonchev–Trinajstić information content (AvgIpc) is 3.65. The zero-order valence-electron chi connectivity index (χ0n) is 20.5. The lowest BCUT2D eigenvalue weighted by Gasteiger charge is -2.23. The van der Waals surface area contributed by atoms with Crippen molar-refractivity contribution in [2.45, 2.75) is 23.1 Å². The molecule has 7 nitrogen and oxygen atoms in total. The number of nitrogens with zero attached hydrogens (tertiary/aromatic N) is 3. The molecule has 3 aromatic carbocycles. The molecule has 1 unspecified atom stereocenters. The molecule has 0 saturated heterocycles. The molecule has 5 aromatic rings. The van der Waals surface area contributed by atoms with Crippen molar-refractivity contribution in [3.63, 3.8) is 0 Å². The van der Waals surface area contributed by atoms with Crippen molar-refractivity contribution in [1.82, 2.24) is 10.2 Å². The third-order valence-electron chi connectivity index (χ3n) is 6.37. The quantitative estimate of drug-likeness (QED) is 0.0846. The van der Waals surface area contributed by atoms with E-state index in [0.29, 0.717) is 26.4 Å². The van der Waals surface area contributed by atoms with E-state index in [2.05, 4.69) is 57.1 Å². The van der Waals surface area contributed by atoms with Crippen molar-refractivity contribution in [3.8, 4) is 0 Å². The number of anilines is 1. The first-order chi connectivity index (χ1) is 18.9. The highest BCUT2D eigenvalue weighted by molar-refractivity contribution is 14.1. The number of carbonyl (C=O) groups is 2. The lowest BCUT2D eigenvalue weighted by molar-refractivity contribution is -0.117. The smallest absolute Gasteiger partial charge is 0.296 e. The maximum atomic E-state index is 13.8. The Kier molecular flexibility index (Phi) is 7.00. The fourth-order valence-electron chi connectivity index (χ4n) is 4.41. The van der Waals surface area contributed by atoms with Gasteiger partial charge in [-0.25, -0.2) is 0 Å². The summed E-state index contributed by atoms with van der Waals surface area (Å²) in [6.45, 7) is 2.04. The summed E-state index contributed by atoms with van der Waals surface area (Å²) in [5.74, 6) is -1.13. The van der Waals surface area contributed by atoms with Gasteiger partial charge in [0.1, 0.15) is 5.58 Å². The van der Waals surface area contributed by atoms with Gasteiger partial charge in [0.05, 0.1) is 11.6 Å². The number of para-hydroxylation sites is 1. The number of amides is 1. The number of aryl methyl sites for hydroxylation is 1. The number of ketones is 1. The van der Waals surface area contributed by atoms with E-state index < -0.39 is 23.5 Å². The van der Waals surface area contributed by atoms with Gasteiger partial charge < -0.3 is 9.52 Å².